The van der Waals surface area contributed by atoms with Crippen molar-refractivity contribution in [1.82, 2.24) is 0 Å². The van der Waals surface area contributed by atoms with E-state index < -0.39 is 7.82 Å². The molecule has 68 valence electrons. The zero-order chi connectivity index (χ0) is 9.19. The van der Waals surface area contributed by atoms with Crippen molar-refractivity contribution in [3.63, 3.8) is 0 Å². The molecule has 0 aliphatic carbocycles. The van der Waals surface area contributed by atoms with Gasteiger partial charge in [0.2, 0.25) is 0 Å². The molecule has 1 aromatic carbocycles. The Balaban J connectivity index is 0. The average molecular weight is 213 g/mol. The maximum Gasteiger partial charge on any atom is 1.00 e. The summed E-state index contributed by atoms with van der Waals surface area (Å²) in [5.74, 6) is 0.0949. The van der Waals surface area contributed by atoms with Gasteiger partial charge < -0.3 is 11.7 Å². The van der Waals surface area contributed by atoms with Gasteiger partial charge in [0.15, 0.2) is 0 Å². The monoisotopic (exact) mass is 213 g/mol. The molecule has 0 saturated heterocycles. The van der Waals surface area contributed by atoms with Crippen LogP contribution in [-0.4, -0.2) is 9.79 Å². The van der Waals surface area contributed by atoms with Crippen LogP contribution in [0.15, 0.2) is 24.3 Å². The molecule has 0 fully saturated rings. The fourth-order valence-electron chi connectivity index (χ4n) is 0.666. The molecular weight excluding hydrogens is 204 g/mol. The zero-order valence-corrected chi connectivity index (χ0v) is 9.94. The summed E-state index contributed by atoms with van der Waals surface area (Å²) in [6.45, 7) is 0. The summed E-state index contributed by atoms with van der Waals surface area (Å²) in [6, 6.07) is 5.75. The van der Waals surface area contributed by atoms with Crippen molar-refractivity contribution in [2.75, 3.05) is 5.73 Å². The predicted molar refractivity (Wildman–Crippen MR) is 44.6 cm³/mol. The summed E-state index contributed by atoms with van der Waals surface area (Å²) < 4.78 is 14.6. The summed E-state index contributed by atoms with van der Waals surface area (Å²) in [5.41, 5.74) is 5.85. The molecule has 4 N–H and O–H groups in total. The van der Waals surface area contributed by atoms with Gasteiger partial charge in [0.25, 0.3) is 0 Å². The third kappa shape index (κ3) is 5.31. The number of anilines is 1. The molecule has 0 spiro atoms. The molecular formula is C6H9NNaO4P. The Morgan fingerprint density at radius 2 is 1.77 bits per heavy atom. The van der Waals surface area contributed by atoms with E-state index in [-0.39, 0.29) is 36.7 Å². The fraction of sp³-hybridized carbons (Fsp3) is 0. The van der Waals surface area contributed by atoms with Crippen LogP contribution < -0.4 is 39.8 Å². The Labute approximate surface area is 98.9 Å². The van der Waals surface area contributed by atoms with E-state index >= 15 is 0 Å². The smallest absolute Gasteiger partial charge is 1.00 e. The van der Waals surface area contributed by atoms with E-state index in [9.17, 15) is 4.57 Å². The van der Waals surface area contributed by atoms with Crippen LogP contribution in [0.25, 0.3) is 0 Å². The number of phosphoric acid groups is 1. The molecule has 0 heterocycles. The normalized spacial score (nSPS) is 10.3. The number of nitrogen functional groups attached to an aromatic ring is 1. The first kappa shape index (κ1) is 13.0. The van der Waals surface area contributed by atoms with Crippen LogP contribution >= 0.6 is 7.82 Å². The molecule has 13 heavy (non-hydrogen) atoms. The predicted octanol–water partition coefficient (Wildman–Crippen LogP) is -2.14. The van der Waals surface area contributed by atoms with Crippen molar-refractivity contribution in [3.8, 4) is 5.75 Å². The van der Waals surface area contributed by atoms with Crippen LogP contribution in [0.5, 0.6) is 5.75 Å². The SMILES string of the molecule is Nc1ccc(OP(=O)(O)O)cc1.[H-].[Na+]. The number of benzene rings is 1. The standard InChI is InChI=1S/C6H8NO4P.Na.H/c7-5-1-3-6(4-2-5)11-12(8,9)10;;/h1-4H,7H2,(H2,8,9,10);;/q;+1;-1. The third-order valence-electron chi connectivity index (χ3n) is 1.10. The van der Waals surface area contributed by atoms with Crippen LogP contribution in [0.4, 0.5) is 5.69 Å². The van der Waals surface area contributed by atoms with Gasteiger partial charge in [0, 0.05) is 5.69 Å². The third-order valence-corrected chi connectivity index (χ3v) is 1.55. The maximum atomic E-state index is 10.3. The maximum absolute atomic E-state index is 10.3. The van der Waals surface area contributed by atoms with Gasteiger partial charge in [0.05, 0.1) is 0 Å². The Morgan fingerprint density at radius 3 is 2.15 bits per heavy atom. The minimum atomic E-state index is -4.44. The summed E-state index contributed by atoms with van der Waals surface area (Å²) in [6.07, 6.45) is 0. The first-order valence-corrected chi connectivity index (χ1v) is 4.61. The second-order valence-electron chi connectivity index (χ2n) is 2.15. The van der Waals surface area contributed by atoms with E-state index in [4.69, 9.17) is 15.5 Å². The first-order valence-electron chi connectivity index (χ1n) is 3.08. The summed E-state index contributed by atoms with van der Waals surface area (Å²) in [5, 5.41) is 0. The van der Waals surface area contributed by atoms with E-state index in [1.54, 1.807) is 0 Å². The second kappa shape index (κ2) is 5.00. The quantitative estimate of drug-likeness (QED) is 0.296. The minimum Gasteiger partial charge on any atom is -1.00 e. The molecule has 0 radical (unpaired) electrons. The molecule has 1 aromatic rings. The first-order chi connectivity index (χ1) is 5.47. The molecule has 0 aromatic heterocycles. The van der Waals surface area contributed by atoms with Crippen LogP contribution in [0.3, 0.4) is 0 Å². The average Bonchev–Trinajstić information content (AvgIpc) is 1.91. The second-order valence-corrected chi connectivity index (χ2v) is 3.31. The van der Waals surface area contributed by atoms with E-state index in [1.807, 2.05) is 0 Å². The molecule has 0 bridgehead atoms. The van der Waals surface area contributed by atoms with Crippen molar-refractivity contribution in [3.05, 3.63) is 24.3 Å². The van der Waals surface area contributed by atoms with Gasteiger partial charge in [-0.1, -0.05) is 0 Å². The molecule has 5 nitrogen and oxygen atoms in total. The Kier molecular flexibility index (Phi) is 4.99. The van der Waals surface area contributed by atoms with E-state index in [0.29, 0.717) is 5.69 Å². The van der Waals surface area contributed by atoms with Crippen LogP contribution in [0.1, 0.15) is 1.43 Å². The molecule has 0 aliphatic heterocycles. The molecule has 0 unspecified atom stereocenters. The number of phosphoric ester groups is 1. The van der Waals surface area contributed by atoms with Crippen LogP contribution in [0, 0.1) is 0 Å². The fourth-order valence-corrected chi connectivity index (χ4v) is 1.06. The van der Waals surface area contributed by atoms with E-state index in [0.717, 1.165) is 0 Å². The number of hydrogen-bond donors (Lipinski definition) is 3. The Morgan fingerprint density at radius 1 is 1.31 bits per heavy atom. The summed E-state index contributed by atoms with van der Waals surface area (Å²) in [7, 11) is -4.44. The summed E-state index contributed by atoms with van der Waals surface area (Å²) in [4.78, 5) is 16.8. The van der Waals surface area contributed by atoms with Crippen molar-refractivity contribution in [2.45, 2.75) is 0 Å². The van der Waals surface area contributed by atoms with Gasteiger partial charge in [-0.15, -0.1) is 0 Å². The van der Waals surface area contributed by atoms with Crippen molar-refractivity contribution in [2.24, 2.45) is 0 Å². The largest absolute Gasteiger partial charge is 1.00 e. The van der Waals surface area contributed by atoms with Gasteiger partial charge in [-0.3, -0.25) is 9.79 Å². The van der Waals surface area contributed by atoms with E-state index in [1.165, 1.54) is 24.3 Å². The van der Waals surface area contributed by atoms with Gasteiger partial charge in [-0.25, -0.2) is 4.57 Å². The Bertz CT molecular complexity index is 314. The van der Waals surface area contributed by atoms with Crippen molar-refractivity contribution in [1.29, 1.82) is 0 Å². The molecule has 0 atom stereocenters. The van der Waals surface area contributed by atoms with E-state index in [2.05, 4.69) is 4.52 Å². The van der Waals surface area contributed by atoms with Gasteiger partial charge in [-0.2, -0.15) is 0 Å². The van der Waals surface area contributed by atoms with Gasteiger partial charge in [0.1, 0.15) is 5.75 Å². The minimum absolute atomic E-state index is 0. The van der Waals surface area contributed by atoms with Crippen LogP contribution in [-0.2, 0) is 4.57 Å². The number of rotatable bonds is 2. The molecule has 0 saturated carbocycles. The molecule has 0 aliphatic rings. The van der Waals surface area contributed by atoms with Gasteiger partial charge >= 0.3 is 37.4 Å². The van der Waals surface area contributed by atoms with Crippen LogP contribution in [0.2, 0.25) is 0 Å². The van der Waals surface area contributed by atoms with Gasteiger partial charge in [-0.05, 0) is 24.3 Å². The zero-order valence-electron chi connectivity index (χ0n) is 8.04. The molecule has 7 heteroatoms. The number of nitrogens with two attached hydrogens (primary N) is 1. The van der Waals surface area contributed by atoms with Crippen molar-refractivity contribution >= 4 is 13.5 Å². The number of hydrogen-bond acceptors (Lipinski definition) is 3. The van der Waals surface area contributed by atoms with Crippen molar-refractivity contribution < 1.29 is 49.9 Å². The molecule has 0 amide bonds. The topological polar surface area (TPSA) is 92.8 Å². The summed E-state index contributed by atoms with van der Waals surface area (Å²) >= 11 is 0. The molecule has 1 rings (SSSR count). The Hall–Kier alpha value is -0.0300.